The summed E-state index contributed by atoms with van der Waals surface area (Å²) < 4.78 is 0. The number of nitro benzene ring substituents is 2. The predicted octanol–water partition coefficient (Wildman–Crippen LogP) is 3.26. The second-order valence-electron chi connectivity index (χ2n) is 8.77. The van der Waals surface area contributed by atoms with Gasteiger partial charge in [0.25, 0.3) is 11.4 Å². The predicted molar refractivity (Wildman–Crippen MR) is 164 cm³/mol. The van der Waals surface area contributed by atoms with Crippen LogP contribution in [0.15, 0.2) is 72.8 Å². The number of rotatable bonds is 2. The Morgan fingerprint density at radius 3 is 1.09 bits per heavy atom. The van der Waals surface area contributed by atoms with E-state index in [4.69, 9.17) is 11.5 Å². The Balaban J connectivity index is 0.000000221. The third kappa shape index (κ3) is 5.93. The molecule has 0 fully saturated rings. The van der Waals surface area contributed by atoms with E-state index in [2.05, 4.69) is 0 Å². The fourth-order valence-corrected chi connectivity index (χ4v) is 4.81. The van der Waals surface area contributed by atoms with Gasteiger partial charge in [-0.25, -0.2) is 0 Å². The molecule has 15 heteroatoms. The quantitative estimate of drug-likeness (QED) is 0.126. The van der Waals surface area contributed by atoms with Gasteiger partial charge in [0.2, 0.25) is 5.78 Å². The number of nitrogens with two attached hydrogens (primary N) is 2. The van der Waals surface area contributed by atoms with Crippen molar-refractivity contribution in [1.29, 1.82) is 0 Å². The molecule has 206 valence electrons. The summed E-state index contributed by atoms with van der Waals surface area (Å²) >= 11 is 2.89. The number of ketones is 4. The van der Waals surface area contributed by atoms with Crippen LogP contribution in [0.5, 0.6) is 0 Å². The van der Waals surface area contributed by atoms with Gasteiger partial charge in [0.1, 0.15) is 11.1 Å². The summed E-state index contributed by atoms with van der Waals surface area (Å²) in [5, 5.41) is 22.1. The van der Waals surface area contributed by atoms with Gasteiger partial charge in [-0.3, -0.25) is 39.4 Å². The second kappa shape index (κ2) is 13.7. The standard InChI is InChI=1S/C14H6N2O6.C14H10N2O2.2Na.H2S/c17-13-7-3-1-5-9(15(19)20)11(7)14(18)12-8(13)4-2-6-10(12)16(21)22;15-9-5-1-3-7-11(9)14(18)12-8(13(7)17)4-2-6-10(12)16;;;/h1-6H;1-6H,15-16H2;;;1H2. The van der Waals surface area contributed by atoms with Crippen LogP contribution in [0.1, 0.15) is 63.7 Å². The third-order valence-corrected chi connectivity index (χ3v) is 6.56. The number of benzene rings is 4. The molecule has 2 aliphatic rings. The molecule has 0 unspecified atom stereocenters. The maximum absolute atomic E-state index is 12.5. The molecule has 43 heavy (non-hydrogen) atoms. The van der Waals surface area contributed by atoms with Crippen molar-refractivity contribution >= 4 is 103 Å². The Morgan fingerprint density at radius 2 is 0.767 bits per heavy atom. The van der Waals surface area contributed by atoms with Gasteiger partial charge < -0.3 is 11.5 Å². The number of fused-ring (bicyclic) bond motifs is 4. The van der Waals surface area contributed by atoms with Crippen molar-refractivity contribution in [2.45, 2.75) is 0 Å². The van der Waals surface area contributed by atoms with Gasteiger partial charge in [0.15, 0.2) is 17.3 Å². The number of anilines is 2. The SMILES string of the molecule is Nc1cccc2c1C(=O)c1c(N)cccc1C2=O.O=C1c2cccc([N+](=O)[O-])c2C(=O)c2c1cccc2[N+](=O)[O-].S.[Na][Na]. The number of nitro groups is 2. The summed E-state index contributed by atoms with van der Waals surface area (Å²) in [6, 6.07) is 17.1. The molecule has 0 radical (unpaired) electrons. The zero-order valence-corrected chi connectivity index (χ0v) is 27.7. The van der Waals surface area contributed by atoms with Crippen molar-refractivity contribution in [1.82, 2.24) is 0 Å². The molecular formula is C28H18N4Na2O8S. The van der Waals surface area contributed by atoms with Gasteiger partial charge in [-0.1, -0.05) is 36.4 Å². The number of carbonyl (C=O) groups is 4. The van der Waals surface area contributed by atoms with Crippen LogP contribution >= 0.6 is 13.5 Å². The van der Waals surface area contributed by atoms with Gasteiger partial charge >= 0.3 is 43.6 Å². The summed E-state index contributed by atoms with van der Waals surface area (Å²) in [5.41, 5.74) is 11.3. The minimum absolute atomic E-state index is 0. The van der Waals surface area contributed by atoms with Crippen molar-refractivity contribution in [3.05, 3.63) is 138 Å². The van der Waals surface area contributed by atoms with Crippen molar-refractivity contribution in [2.75, 3.05) is 11.5 Å². The van der Waals surface area contributed by atoms with Crippen LogP contribution in [0, 0.1) is 20.2 Å². The van der Waals surface area contributed by atoms with E-state index in [-0.39, 0.29) is 47.3 Å². The first kappa shape index (κ1) is 33.8. The fourth-order valence-electron chi connectivity index (χ4n) is 4.81. The summed E-state index contributed by atoms with van der Waals surface area (Å²) in [4.78, 5) is 70.2. The molecule has 0 saturated heterocycles. The molecule has 4 aromatic carbocycles. The molecule has 6 rings (SSSR count). The number of hydrogen-bond donors (Lipinski definition) is 2. The molecule has 12 nitrogen and oxygen atoms in total. The molecule has 4 N–H and O–H groups in total. The van der Waals surface area contributed by atoms with E-state index >= 15 is 0 Å². The fraction of sp³-hybridized carbons (Fsp3) is 0. The first-order valence-corrected chi connectivity index (χ1v) is 20.5. The van der Waals surface area contributed by atoms with E-state index in [1.54, 1.807) is 36.4 Å². The van der Waals surface area contributed by atoms with Crippen LogP contribution in [-0.4, -0.2) is 76.6 Å². The molecule has 0 aliphatic heterocycles. The van der Waals surface area contributed by atoms with Crippen LogP contribution < -0.4 is 11.5 Å². The Labute approximate surface area is 278 Å². The number of nitrogens with zero attached hydrogens (tertiary/aromatic N) is 2. The summed E-state index contributed by atoms with van der Waals surface area (Å²) in [6.07, 6.45) is 0. The van der Waals surface area contributed by atoms with Crippen LogP contribution in [0.3, 0.4) is 0 Å². The van der Waals surface area contributed by atoms with E-state index in [1.165, 1.54) is 67.9 Å². The molecule has 2 aliphatic carbocycles. The van der Waals surface area contributed by atoms with E-state index in [0.717, 1.165) is 12.1 Å². The van der Waals surface area contributed by atoms with Crippen LogP contribution in [0.2, 0.25) is 0 Å². The molecule has 0 bridgehead atoms. The van der Waals surface area contributed by atoms with Crippen molar-refractivity contribution < 1.29 is 29.0 Å². The molecule has 4 aromatic rings. The third-order valence-electron chi connectivity index (χ3n) is 6.56. The number of carbonyl (C=O) groups excluding carboxylic acids is 4. The van der Waals surface area contributed by atoms with Gasteiger partial charge in [-0.15, -0.1) is 0 Å². The molecule has 0 aromatic heterocycles. The van der Waals surface area contributed by atoms with E-state index in [9.17, 15) is 39.4 Å². The molecule has 0 atom stereocenters. The molecule has 0 amide bonds. The van der Waals surface area contributed by atoms with Gasteiger partial charge in [0.05, 0.1) is 21.0 Å². The second-order valence-corrected chi connectivity index (χ2v) is 8.77. The van der Waals surface area contributed by atoms with Crippen LogP contribution in [-0.2, 0) is 0 Å². The van der Waals surface area contributed by atoms with Gasteiger partial charge in [-0.05, 0) is 24.3 Å². The molecule has 0 spiro atoms. The zero-order valence-electron chi connectivity index (χ0n) is 22.7. The molecule has 0 saturated carbocycles. The number of nitrogen functional groups attached to an aromatic ring is 2. The maximum atomic E-state index is 12.5. The normalized spacial score (nSPS) is 12.1. The topological polar surface area (TPSA) is 207 Å². The number of hydrogen-bond acceptors (Lipinski definition) is 10. The monoisotopic (exact) mass is 616 g/mol. The van der Waals surface area contributed by atoms with Gasteiger partial charge in [-0.2, -0.15) is 13.5 Å². The Bertz CT molecular complexity index is 1750. The first-order valence-electron chi connectivity index (χ1n) is 12.5. The van der Waals surface area contributed by atoms with E-state index in [0.29, 0.717) is 22.5 Å². The van der Waals surface area contributed by atoms with Crippen LogP contribution in [0.25, 0.3) is 0 Å². The Hall–Kier alpha value is -3.69. The zero-order chi connectivity index (χ0) is 30.9. The summed E-state index contributed by atoms with van der Waals surface area (Å²) in [7, 11) is 0. The Morgan fingerprint density at radius 1 is 0.488 bits per heavy atom. The van der Waals surface area contributed by atoms with Crippen molar-refractivity contribution in [3.63, 3.8) is 0 Å². The van der Waals surface area contributed by atoms with E-state index in [1.807, 2.05) is 0 Å². The van der Waals surface area contributed by atoms with Crippen molar-refractivity contribution in [2.24, 2.45) is 0 Å². The average Bonchev–Trinajstić information content (AvgIpc) is 2.99. The molecular weight excluding hydrogens is 598 g/mol. The molecule has 0 heterocycles. The first-order chi connectivity index (χ1) is 20.0. The minimum atomic E-state index is -0.885. The van der Waals surface area contributed by atoms with E-state index < -0.39 is 43.9 Å². The summed E-state index contributed by atoms with van der Waals surface area (Å²) in [5.74, 6) is -2.02. The van der Waals surface area contributed by atoms with Crippen molar-refractivity contribution in [3.8, 4) is 0 Å². The Kier molecular flexibility index (Phi) is 10.8. The van der Waals surface area contributed by atoms with Crippen LogP contribution in [0.4, 0.5) is 22.7 Å². The average molecular weight is 617 g/mol. The van der Waals surface area contributed by atoms with Gasteiger partial charge in [0, 0.05) is 45.8 Å². The summed E-state index contributed by atoms with van der Waals surface area (Å²) in [6.45, 7) is 0.